The van der Waals surface area contributed by atoms with Gasteiger partial charge in [-0.05, 0) is 0 Å². The van der Waals surface area contributed by atoms with Crippen LogP contribution in [0.2, 0.25) is 0 Å². The third kappa shape index (κ3) is 91.4. The van der Waals surface area contributed by atoms with Gasteiger partial charge in [0.05, 0.1) is 0 Å². The molecule has 0 rings (SSSR count). The monoisotopic (exact) mass is 464 g/mol. The zero-order valence-corrected chi connectivity index (χ0v) is 7.73. The van der Waals surface area contributed by atoms with E-state index in [1.165, 1.54) is 0 Å². The van der Waals surface area contributed by atoms with Crippen LogP contribution in [0, 0.1) is 0 Å². The number of rotatable bonds is 0. The second-order valence-corrected chi connectivity index (χ2v) is 1.34. The van der Waals surface area contributed by atoms with Gasteiger partial charge in [0.1, 0.15) is 0 Å². The molecule has 0 saturated heterocycles. The van der Waals surface area contributed by atoms with Gasteiger partial charge in [-0.1, -0.05) is 0 Å². The molecule has 0 spiro atoms. The van der Waals surface area contributed by atoms with Crippen LogP contribution in [-0.4, -0.2) is 91.1 Å². The van der Waals surface area contributed by atoms with Gasteiger partial charge < -0.3 is 0 Å². The summed E-state index contributed by atoms with van der Waals surface area (Å²) < 4.78 is 40.0. The van der Waals surface area contributed by atoms with E-state index in [0.717, 1.165) is 0 Å². The Kier molecular flexibility index (Phi) is 18.9. The molecule has 5 nitrogen and oxygen atoms in total. The molecule has 48 valence electrons. The van der Waals surface area contributed by atoms with Crippen molar-refractivity contribution in [2.75, 3.05) is 0 Å². The summed E-state index contributed by atoms with van der Waals surface area (Å²) in [6, 6.07) is 0. The summed E-state index contributed by atoms with van der Waals surface area (Å²) in [7, 11) is -4.67. The Morgan fingerprint density at radius 2 is 1.12 bits per heavy atom. The molecule has 0 aromatic rings. The van der Waals surface area contributed by atoms with Crippen LogP contribution in [-0.2, 0) is 13.2 Å². The van der Waals surface area contributed by atoms with E-state index in [1.54, 1.807) is 0 Å². The molecule has 8 heteroatoms. The second-order valence-electron chi connectivity index (χ2n) is 0.448. The molecule has 0 bridgehead atoms. The van der Waals surface area contributed by atoms with Crippen LogP contribution >= 0.6 is 0 Å². The molecule has 0 aliphatic heterocycles. The van der Waals surface area contributed by atoms with Crippen molar-refractivity contribution in [3.8, 4) is 0 Å². The first-order valence-corrected chi connectivity index (χ1v) is 3.89. The molecule has 2 N–H and O–H groups in total. The van der Waals surface area contributed by atoms with Crippen LogP contribution in [0.3, 0.4) is 0 Å². The van der Waals surface area contributed by atoms with Crippen molar-refractivity contribution >= 4 is 84.0 Å². The molecule has 0 atom stereocenters. The Bertz CT molecular complexity index is 106. The molecule has 0 fully saturated rings. The molecule has 0 saturated carbocycles. The first-order valence-electron chi connectivity index (χ1n) is 0.903. The molecule has 0 aliphatic rings. The van der Waals surface area contributed by atoms with Crippen LogP contribution in [0.5, 0.6) is 0 Å². The van der Waals surface area contributed by atoms with Crippen LogP contribution < -0.4 is 0 Å². The minimum atomic E-state index is -4.67. The third-order valence-electron chi connectivity index (χ3n) is 0. The van der Waals surface area contributed by atoms with Crippen LogP contribution in [0.15, 0.2) is 0 Å². The van der Waals surface area contributed by atoms with Gasteiger partial charge in [-0.15, -0.1) is 0 Å². The van der Waals surface area contributed by atoms with Gasteiger partial charge in [-0.25, -0.2) is 0 Å². The average Bonchev–Trinajstić information content (AvgIpc) is 1.36. The van der Waals surface area contributed by atoms with Gasteiger partial charge in [0.25, 0.3) is 0 Å². The molecule has 8 heavy (non-hydrogen) atoms. The van der Waals surface area contributed by atoms with Crippen molar-refractivity contribution in [2.45, 2.75) is 0 Å². The molecular formula is H5BaBiO5S. The van der Waals surface area contributed by atoms with E-state index in [4.69, 9.17) is 20.3 Å². The molecule has 0 aromatic heterocycles. The van der Waals surface area contributed by atoms with Gasteiger partial charge >= 0.3 is 86.8 Å². The van der Waals surface area contributed by atoms with E-state index in [9.17, 15) is 0 Å². The first kappa shape index (κ1) is 16.6. The quantitative estimate of drug-likeness (QED) is 0.311. The number of hydrogen-bond donors (Lipinski definition) is 2. The molecule has 0 amide bonds. The van der Waals surface area contributed by atoms with Crippen molar-refractivity contribution in [3.05, 3.63) is 0 Å². The maximum absolute atomic E-state index is 8.74. The van der Waals surface area contributed by atoms with Gasteiger partial charge in [0.2, 0.25) is 0 Å². The Labute approximate surface area is 102 Å². The fourth-order valence-corrected chi connectivity index (χ4v) is 0. The molecule has 0 unspecified atom stereocenters. The van der Waals surface area contributed by atoms with Crippen LogP contribution in [0.1, 0.15) is 0 Å². The zero-order valence-electron chi connectivity index (χ0n) is 3.03. The summed E-state index contributed by atoms with van der Waals surface area (Å²) in [6.45, 7) is 0. The second kappa shape index (κ2) is 9.12. The average molecular weight is 463 g/mol. The Hall–Kier alpha value is 2.12. The molecule has 0 aromatic carbocycles. The summed E-state index contributed by atoms with van der Waals surface area (Å²) in [5, 5.41) is 0. The van der Waals surface area contributed by atoms with Crippen molar-refractivity contribution in [1.82, 2.24) is 0 Å². The summed E-state index contributed by atoms with van der Waals surface area (Å²) in [5.41, 5.74) is 0. The van der Waals surface area contributed by atoms with Gasteiger partial charge in [0.15, 0.2) is 0 Å². The summed E-state index contributed by atoms with van der Waals surface area (Å²) in [4.78, 5) is 0. The SMILES string of the molecule is O=S(=O)(O)O.[BaH2].[O]=[BiH]. The number of hydrogen-bond acceptors (Lipinski definition) is 3. The minimum absolute atomic E-state index is 0. The van der Waals surface area contributed by atoms with Crippen LogP contribution in [0.25, 0.3) is 0 Å². The molecule has 0 heterocycles. The fraction of sp³-hybridized carbons (Fsp3) is 0. The van der Waals surface area contributed by atoms with Gasteiger partial charge in [-0.2, -0.15) is 8.42 Å². The summed E-state index contributed by atoms with van der Waals surface area (Å²) in [6.07, 6.45) is 0. The van der Waals surface area contributed by atoms with Crippen LogP contribution in [0.4, 0.5) is 0 Å². The van der Waals surface area contributed by atoms with Gasteiger partial charge in [-0.3, -0.25) is 9.11 Å². The first-order chi connectivity index (χ1) is 3.00. The predicted molar refractivity (Wildman–Crippen MR) is 30.6 cm³/mol. The van der Waals surface area contributed by atoms with E-state index < -0.39 is 10.4 Å². The van der Waals surface area contributed by atoms with Gasteiger partial charge in [0, 0.05) is 0 Å². The zero-order chi connectivity index (χ0) is 6.50. The van der Waals surface area contributed by atoms with Crippen molar-refractivity contribution in [3.63, 3.8) is 0 Å². The van der Waals surface area contributed by atoms with E-state index in [2.05, 4.69) is 0 Å². The molecule has 0 radical (unpaired) electrons. The van der Waals surface area contributed by atoms with E-state index in [1.807, 2.05) is 0 Å². The van der Waals surface area contributed by atoms with E-state index in [-0.39, 0.29) is 73.6 Å². The van der Waals surface area contributed by atoms with Crippen molar-refractivity contribution < 1.29 is 20.3 Å². The fourth-order valence-electron chi connectivity index (χ4n) is 0. The Morgan fingerprint density at radius 3 is 1.12 bits per heavy atom. The standard InChI is InChI=1S/Ba.Bi.H2O4S.O.3H/c;;1-5(2,3)4;;;;/h;;(H2,1,2,3,4);;;;. The Balaban J connectivity index is -0.0000000750. The normalized spacial score (nSPS) is 7.75. The van der Waals surface area contributed by atoms with E-state index >= 15 is 0 Å². The maximum atomic E-state index is 8.74. The summed E-state index contributed by atoms with van der Waals surface area (Å²) in [5.74, 6) is 0. The van der Waals surface area contributed by atoms with E-state index in [0.29, 0.717) is 0 Å². The Morgan fingerprint density at radius 1 is 1.12 bits per heavy atom. The summed E-state index contributed by atoms with van der Waals surface area (Å²) >= 11 is 0.0556. The van der Waals surface area contributed by atoms with Crippen molar-refractivity contribution in [2.24, 2.45) is 0 Å². The molecular weight excluding hydrogens is 458 g/mol. The topological polar surface area (TPSA) is 91.7 Å². The molecule has 0 aliphatic carbocycles. The third-order valence-corrected chi connectivity index (χ3v) is 0. The van der Waals surface area contributed by atoms with Crippen molar-refractivity contribution in [1.29, 1.82) is 0 Å². The predicted octanol–water partition coefficient (Wildman–Crippen LogP) is -2.34.